The van der Waals surface area contributed by atoms with Gasteiger partial charge in [0.15, 0.2) is 5.82 Å². The minimum Gasteiger partial charge on any atom is -0.343 e. The molecule has 0 radical (unpaired) electrons. The maximum Gasteiger partial charge on any atom is 0.439 e. The van der Waals surface area contributed by atoms with Crippen LogP contribution in [0.3, 0.4) is 0 Å². The minimum atomic E-state index is -0.603. The smallest absolute Gasteiger partial charge is 0.343 e. The lowest BCUT2D eigenvalue weighted by Gasteiger charge is -2.21. The molecule has 0 aliphatic heterocycles. The number of nitrogens with one attached hydrogen (secondary N) is 1. The second-order valence-electron chi connectivity index (χ2n) is 10.6. The Hall–Kier alpha value is -4.27. The molecule has 1 fully saturated rings. The average molecular weight is 556 g/mol. The number of amides is 1. The van der Waals surface area contributed by atoms with Gasteiger partial charge in [-0.1, -0.05) is 67.0 Å². The van der Waals surface area contributed by atoms with Crippen LogP contribution in [-0.2, 0) is 24.2 Å². The van der Waals surface area contributed by atoms with Crippen LogP contribution in [0, 0.1) is 0 Å². The quantitative estimate of drug-likeness (QED) is 0.265. The van der Waals surface area contributed by atoms with Crippen LogP contribution < -0.4 is 11.3 Å². The summed E-state index contributed by atoms with van der Waals surface area (Å²) in [5.74, 6) is 0.808. The van der Waals surface area contributed by atoms with Crippen LogP contribution in [0.5, 0.6) is 0 Å². The van der Waals surface area contributed by atoms with E-state index in [4.69, 9.17) is 9.51 Å². The van der Waals surface area contributed by atoms with Gasteiger partial charge >= 0.3 is 5.76 Å². The number of hydrogen-bond acceptors (Lipinski definition) is 6. The fourth-order valence-corrected chi connectivity index (χ4v) is 5.30. The standard InChI is InChI=1S/C32H37N5O4/c1-4-7-12-27-33-29(23-17-18-23)26(19-28(38)36(5-2)6-3)31(39)37(27)20-21-13-15-22(16-14-21)24-10-8-9-11-25(24)30-34-32(40)41-35-30/h8-11,13-16,23H,4-7,12,17-20H2,1-3H3,(H,34,35,40). The lowest BCUT2D eigenvalue weighted by atomic mass is 9.98. The monoisotopic (exact) mass is 555 g/mol. The zero-order valence-electron chi connectivity index (χ0n) is 24.0. The molecule has 0 atom stereocenters. The molecule has 1 N–H and O–H groups in total. The molecule has 9 nitrogen and oxygen atoms in total. The van der Waals surface area contributed by atoms with Gasteiger partial charge in [0.25, 0.3) is 5.56 Å². The van der Waals surface area contributed by atoms with Crippen LogP contribution >= 0.6 is 0 Å². The number of carbonyl (C=O) groups excluding carboxylic acids is 1. The summed E-state index contributed by atoms with van der Waals surface area (Å²) >= 11 is 0. The van der Waals surface area contributed by atoms with Crippen molar-refractivity contribution in [1.82, 2.24) is 24.6 Å². The van der Waals surface area contributed by atoms with Gasteiger partial charge in [-0.15, -0.1) is 0 Å². The van der Waals surface area contributed by atoms with Gasteiger partial charge in [0, 0.05) is 36.6 Å². The van der Waals surface area contributed by atoms with E-state index in [1.54, 1.807) is 9.47 Å². The second-order valence-corrected chi connectivity index (χ2v) is 10.6. The maximum atomic E-state index is 14.0. The molecule has 4 aromatic rings. The van der Waals surface area contributed by atoms with Gasteiger partial charge in [-0.05, 0) is 49.8 Å². The molecular formula is C32H37N5O4. The van der Waals surface area contributed by atoms with Crippen molar-refractivity contribution in [3.05, 3.63) is 92.1 Å². The first-order valence-electron chi connectivity index (χ1n) is 14.6. The van der Waals surface area contributed by atoms with E-state index in [1.165, 1.54) is 0 Å². The van der Waals surface area contributed by atoms with Crippen molar-refractivity contribution in [1.29, 1.82) is 0 Å². The fraction of sp³-hybridized carbons (Fsp3) is 0.406. The second kappa shape index (κ2) is 12.5. The summed E-state index contributed by atoms with van der Waals surface area (Å²) in [4.78, 5) is 48.1. The van der Waals surface area contributed by atoms with Crippen molar-refractivity contribution in [3.8, 4) is 22.5 Å². The molecule has 2 aromatic heterocycles. The first kappa shape index (κ1) is 28.3. The molecule has 1 saturated carbocycles. The minimum absolute atomic E-state index is 0.0277. The van der Waals surface area contributed by atoms with Gasteiger partial charge in [-0.25, -0.2) is 9.78 Å². The number of aromatic nitrogens is 4. The molecule has 41 heavy (non-hydrogen) atoms. The summed E-state index contributed by atoms with van der Waals surface area (Å²) in [6.45, 7) is 7.66. The lowest BCUT2D eigenvalue weighted by Crippen LogP contribution is -2.36. The summed E-state index contributed by atoms with van der Waals surface area (Å²) < 4.78 is 6.48. The molecule has 214 valence electrons. The van der Waals surface area contributed by atoms with Crippen LogP contribution in [0.25, 0.3) is 22.5 Å². The highest BCUT2D eigenvalue weighted by Crippen LogP contribution is 2.40. The molecule has 5 rings (SSSR count). The van der Waals surface area contributed by atoms with Crippen LogP contribution in [0.2, 0.25) is 0 Å². The summed E-state index contributed by atoms with van der Waals surface area (Å²) in [5, 5.41) is 3.85. The topological polar surface area (TPSA) is 114 Å². The third-order valence-electron chi connectivity index (χ3n) is 7.76. The van der Waals surface area contributed by atoms with Crippen molar-refractivity contribution < 1.29 is 9.32 Å². The number of likely N-dealkylation sites (N-methyl/N-ethyl adjacent to an activating group) is 1. The van der Waals surface area contributed by atoms with E-state index in [1.807, 2.05) is 62.4 Å². The van der Waals surface area contributed by atoms with Gasteiger partial charge in [-0.3, -0.25) is 23.7 Å². The van der Waals surface area contributed by atoms with E-state index < -0.39 is 5.76 Å². The van der Waals surface area contributed by atoms with Crippen LogP contribution in [0.15, 0.2) is 62.6 Å². The Morgan fingerprint density at radius 1 is 1.02 bits per heavy atom. The molecule has 1 amide bonds. The van der Waals surface area contributed by atoms with Crippen molar-refractivity contribution >= 4 is 5.91 Å². The first-order valence-corrected chi connectivity index (χ1v) is 14.6. The Labute approximate surface area is 239 Å². The van der Waals surface area contributed by atoms with E-state index in [2.05, 4.69) is 17.1 Å². The van der Waals surface area contributed by atoms with Gasteiger partial charge in [0.05, 0.1) is 18.7 Å². The number of aromatic amines is 1. The SMILES string of the molecule is CCCCc1nc(C2CC2)c(CC(=O)N(CC)CC)c(=O)n1Cc1ccc(-c2ccccc2-c2noc(=O)[nH]2)cc1. The molecule has 0 unspecified atom stereocenters. The predicted molar refractivity (Wildman–Crippen MR) is 158 cm³/mol. The average Bonchev–Trinajstić information content (AvgIpc) is 3.75. The van der Waals surface area contributed by atoms with Gasteiger partial charge in [-0.2, -0.15) is 0 Å². The van der Waals surface area contributed by atoms with Crippen LogP contribution in [0.4, 0.5) is 0 Å². The first-order chi connectivity index (χ1) is 19.9. The molecule has 1 aliphatic carbocycles. The number of hydrogen-bond donors (Lipinski definition) is 1. The molecule has 0 bridgehead atoms. The molecule has 2 heterocycles. The largest absolute Gasteiger partial charge is 0.439 e. The van der Waals surface area contributed by atoms with Crippen LogP contribution in [0.1, 0.15) is 75.0 Å². The van der Waals surface area contributed by atoms with E-state index in [0.29, 0.717) is 31.0 Å². The van der Waals surface area contributed by atoms with E-state index in [-0.39, 0.29) is 23.8 Å². The summed E-state index contributed by atoms with van der Waals surface area (Å²) in [6, 6.07) is 15.7. The molecule has 2 aromatic carbocycles. The van der Waals surface area contributed by atoms with Crippen molar-refractivity contribution in [2.75, 3.05) is 13.1 Å². The Morgan fingerprint density at radius 2 is 1.73 bits per heavy atom. The van der Waals surface area contributed by atoms with Gasteiger partial charge < -0.3 is 4.90 Å². The van der Waals surface area contributed by atoms with E-state index in [0.717, 1.165) is 65.9 Å². The highest BCUT2D eigenvalue weighted by molar-refractivity contribution is 5.80. The summed E-state index contributed by atoms with van der Waals surface area (Å²) in [7, 11) is 0. The molecule has 9 heteroatoms. The number of aryl methyl sites for hydroxylation is 1. The Kier molecular flexibility index (Phi) is 8.61. The lowest BCUT2D eigenvalue weighted by molar-refractivity contribution is -0.130. The van der Waals surface area contributed by atoms with Crippen molar-refractivity contribution in [2.24, 2.45) is 0 Å². The van der Waals surface area contributed by atoms with Crippen molar-refractivity contribution in [2.45, 2.75) is 71.8 Å². The number of benzene rings is 2. The molecule has 0 spiro atoms. The fourth-order valence-electron chi connectivity index (χ4n) is 5.30. The number of nitrogens with zero attached hydrogens (tertiary/aromatic N) is 4. The number of unbranched alkanes of at least 4 members (excludes halogenated alkanes) is 1. The zero-order chi connectivity index (χ0) is 28.9. The highest BCUT2D eigenvalue weighted by atomic mass is 16.5. The normalized spacial score (nSPS) is 13.0. The number of carbonyl (C=O) groups is 1. The number of H-pyrrole nitrogens is 1. The molecule has 1 aliphatic rings. The van der Waals surface area contributed by atoms with E-state index in [9.17, 15) is 14.4 Å². The Morgan fingerprint density at radius 3 is 2.34 bits per heavy atom. The molecular weight excluding hydrogens is 518 g/mol. The predicted octanol–water partition coefficient (Wildman–Crippen LogP) is 4.93. The summed E-state index contributed by atoms with van der Waals surface area (Å²) in [5.41, 5.74) is 4.84. The highest BCUT2D eigenvalue weighted by Gasteiger charge is 2.32. The van der Waals surface area contributed by atoms with Crippen molar-refractivity contribution in [3.63, 3.8) is 0 Å². The number of rotatable bonds is 12. The third kappa shape index (κ3) is 6.24. The van der Waals surface area contributed by atoms with Gasteiger partial charge in [0.1, 0.15) is 5.82 Å². The maximum absolute atomic E-state index is 14.0. The third-order valence-corrected chi connectivity index (χ3v) is 7.76. The Bertz CT molecular complexity index is 1630. The zero-order valence-corrected chi connectivity index (χ0v) is 24.0. The van der Waals surface area contributed by atoms with Gasteiger partial charge in [0.2, 0.25) is 5.91 Å². The summed E-state index contributed by atoms with van der Waals surface area (Å²) in [6.07, 6.45) is 4.78. The Balaban J connectivity index is 1.49. The van der Waals surface area contributed by atoms with Crippen LogP contribution in [-0.4, -0.2) is 43.6 Å². The van der Waals surface area contributed by atoms with E-state index >= 15 is 0 Å². The molecule has 0 saturated heterocycles.